The highest BCUT2D eigenvalue weighted by Gasteiger charge is 2.24. The molecule has 104 valence electrons. The summed E-state index contributed by atoms with van der Waals surface area (Å²) in [6.45, 7) is 3.08. The van der Waals surface area contributed by atoms with Crippen LogP contribution in [0.4, 0.5) is 5.82 Å². The number of nitrogens with one attached hydrogen (secondary N) is 1. The predicted octanol–water partition coefficient (Wildman–Crippen LogP) is 3.21. The molecule has 1 N–H and O–H groups in total. The number of aryl methyl sites for hydroxylation is 1. The van der Waals surface area contributed by atoms with Crippen LogP contribution in [0.5, 0.6) is 0 Å². The van der Waals surface area contributed by atoms with Crippen molar-refractivity contribution in [2.75, 3.05) is 11.9 Å². The number of hydrogen-bond acceptors (Lipinski definition) is 3. The second-order valence-corrected chi connectivity index (χ2v) is 5.29. The Hall–Kier alpha value is -2.62. The minimum atomic E-state index is 0.965. The maximum absolute atomic E-state index is 4.85. The van der Waals surface area contributed by atoms with Crippen LogP contribution in [0.25, 0.3) is 16.9 Å². The van der Waals surface area contributed by atoms with E-state index in [0.29, 0.717) is 0 Å². The van der Waals surface area contributed by atoms with E-state index in [0.717, 1.165) is 35.7 Å². The molecule has 0 fully saturated rings. The summed E-state index contributed by atoms with van der Waals surface area (Å²) in [5.74, 6) is 1.11. The molecule has 0 saturated carbocycles. The van der Waals surface area contributed by atoms with Crippen molar-refractivity contribution >= 4 is 5.82 Å². The second kappa shape index (κ2) is 4.74. The zero-order chi connectivity index (χ0) is 14.2. The molecular weight excluding hydrogens is 260 g/mol. The molecule has 4 heteroatoms. The molecule has 4 rings (SSSR count). The van der Waals surface area contributed by atoms with E-state index in [1.165, 1.54) is 11.1 Å². The van der Waals surface area contributed by atoms with Crippen LogP contribution in [0.2, 0.25) is 0 Å². The third-order valence-corrected chi connectivity index (χ3v) is 3.93. The summed E-state index contributed by atoms with van der Waals surface area (Å²) >= 11 is 0. The van der Waals surface area contributed by atoms with E-state index >= 15 is 0 Å². The lowest BCUT2D eigenvalue weighted by atomic mass is 10.1. The molecule has 1 aliphatic rings. The van der Waals surface area contributed by atoms with Crippen LogP contribution >= 0.6 is 0 Å². The number of benzene rings is 1. The van der Waals surface area contributed by atoms with Gasteiger partial charge >= 0.3 is 0 Å². The van der Waals surface area contributed by atoms with Gasteiger partial charge in [-0.2, -0.15) is 5.10 Å². The number of fused-ring (bicyclic) bond motifs is 1. The van der Waals surface area contributed by atoms with Crippen molar-refractivity contribution in [3.63, 3.8) is 0 Å². The molecule has 1 aliphatic heterocycles. The molecule has 0 bridgehead atoms. The lowest BCUT2D eigenvalue weighted by molar-refractivity contribution is 0.875. The number of para-hydroxylation sites is 1. The van der Waals surface area contributed by atoms with Gasteiger partial charge in [0.15, 0.2) is 0 Å². The van der Waals surface area contributed by atoms with Crippen molar-refractivity contribution in [1.29, 1.82) is 0 Å². The standard InChI is InChI=1S/C17H16N4/c1-12-5-2-3-7-15(12)21-17-14(8-10-19-17)16(20-21)13-6-4-9-18-11-13/h2-7,9,11,19H,8,10H2,1H3. The molecule has 0 aliphatic carbocycles. The first-order chi connectivity index (χ1) is 10.3. The predicted molar refractivity (Wildman–Crippen MR) is 83.7 cm³/mol. The summed E-state index contributed by atoms with van der Waals surface area (Å²) in [4.78, 5) is 4.22. The number of nitrogens with zero attached hydrogens (tertiary/aromatic N) is 3. The van der Waals surface area contributed by atoms with Crippen molar-refractivity contribution in [3.8, 4) is 16.9 Å². The highest BCUT2D eigenvalue weighted by molar-refractivity contribution is 5.72. The van der Waals surface area contributed by atoms with Crippen molar-refractivity contribution in [2.45, 2.75) is 13.3 Å². The molecule has 0 amide bonds. The summed E-state index contributed by atoms with van der Waals surface area (Å²) in [6.07, 6.45) is 4.68. The van der Waals surface area contributed by atoms with E-state index < -0.39 is 0 Å². The average Bonchev–Trinajstić information content (AvgIpc) is 3.11. The first kappa shape index (κ1) is 12.1. The smallest absolute Gasteiger partial charge is 0.133 e. The Labute approximate surface area is 123 Å². The monoisotopic (exact) mass is 276 g/mol. The number of hydrogen-bond donors (Lipinski definition) is 1. The minimum Gasteiger partial charge on any atom is -0.369 e. The fourth-order valence-electron chi connectivity index (χ4n) is 2.88. The molecule has 0 spiro atoms. The summed E-state index contributed by atoms with van der Waals surface area (Å²) in [5.41, 5.74) is 5.73. The fraction of sp³-hybridized carbons (Fsp3) is 0.176. The van der Waals surface area contributed by atoms with Gasteiger partial charge in [-0.15, -0.1) is 0 Å². The van der Waals surface area contributed by atoms with Gasteiger partial charge in [-0.1, -0.05) is 18.2 Å². The van der Waals surface area contributed by atoms with Gasteiger partial charge in [-0.05, 0) is 37.1 Å². The van der Waals surface area contributed by atoms with Gasteiger partial charge < -0.3 is 5.32 Å². The zero-order valence-corrected chi connectivity index (χ0v) is 11.9. The van der Waals surface area contributed by atoms with Crippen molar-refractivity contribution in [3.05, 3.63) is 59.9 Å². The molecule has 0 atom stereocenters. The number of rotatable bonds is 2. The van der Waals surface area contributed by atoms with Crippen molar-refractivity contribution in [2.24, 2.45) is 0 Å². The molecule has 3 heterocycles. The number of pyridine rings is 1. The lowest BCUT2D eigenvalue weighted by Crippen LogP contribution is -2.05. The maximum atomic E-state index is 4.85. The van der Waals surface area contributed by atoms with Crippen LogP contribution in [0, 0.1) is 6.92 Å². The van der Waals surface area contributed by atoms with Gasteiger partial charge in [0, 0.05) is 30.1 Å². The van der Waals surface area contributed by atoms with Crippen molar-refractivity contribution in [1.82, 2.24) is 14.8 Å². The lowest BCUT2D eigenvalue weighted by Gasteiger charge is -2.09. The zero-order valence-electron chi connectivity index (χ0n) is 11.9. The summed E-state index contributed by atoms with van der Waals surface area (Å²) in [7, 11) is 0. The third kappa shape index (κ3) is 1.91. The topological polar surface area (TPSA) is 42.7 Å². The summed E-state index contributed by atoms with van der Waals surface area (Å²) < 4.78 is 2.03. The average molecular weight is 276 g/mol. The molecule has 2 aromatic heterocycles. The van der Waals surface area contributed by atoms with Gasteiger partial charge in [-0.3, -0.25) is 4.98 Å². The Bertz CT molecular complexity index is 790. The Kier molecular flexibility index (Phi) is 2.74. The first-order valence-corrected chi connectivity index (χ1v) is 7.17. The molecule has 0 unspecified atom stereocenters. The van der Waals surface area contributed by atoms with E-state index in [1.807, 2.05) is 16.9 Å². The van der Waals surface area contributed by atoms with E-state index in [4.69, 9.17) is 5.10 Å². The van der Waals surface area contributed by atoms with Gasteiger partial charge in [0.1, 0.15) is 5.82 Å². The van der Waals surface area contributed by atoms with Gasteiger partial charge in [-0.25, -0.2) is 4.68 Å². The summed E-state index contributed by atoms with van der Waals surface area (Å²) in [6, 6.07) is 12.3. The van der Waals surface area contributed by atoms with Crippen molar-refractivity contribution < 1.29 is 0 Å². The number of aromatic nitrogens is 3. The van der Waals surface area contributed by atoms with Crippen LogP contribution in [0.15, 0.2) is 48.8 Å². The maximum Gasteiger partial charge on any atom is 0.133 e. The Morgan fingerprint density at radius 1 is 1.14 bits per heavy atom. The molecule has 0 saturated heterocycles. The van der Waals surface area contributed by atoms with E-state index in [9.17, 15) is 0 Å². The van der Waals surface area contributed by atoms with E-state index in [-0.39, 0.29) is 0 Å². The molecule has 21 heavy (non-hydrogen) atoms. The molecule has 4 nitrogen and oxygen atoms in total. The minimum absolute atomic E-state index is 0.965. The molecule has 0 radical (unpaired) electrons. The van der Waals surface area contributed by atoms with E-state index in [2.05, 4.69) is 47.6 Å². The van der Waals surface area contributed by atoms with Crippen LogP contribution < -0.4 is 5.32 Å². The molecular formula is C17H16N4. The normalized spacial score (nSPS) is 13.0. The van der Waals surface area contributed by atoms with Gasteiger partial charge in [0.25, 0.3) is 0 Å². The quantitative estimate of drug-likeness (QED) is 0.781. The first-order valence-electron chi connectivity index (χ1n) is 7.17. The van der Waals surface area contributed by atoms with Gasteiger partial charge in [0.2, 0.25) is 0 Å². The highest BCUT2D eigenvalue weighted by Crippen LogP contribution is 2.34. The number of anilines is 1. The largest absolute Gasteiger partial charge is 0.369 e. The molecule has 3 aromatic rings. The van der Waals surface area contributed by atoms with Crippen LogP contribution in [-0.4, -0.2) is 21.3 Å². The fourth-order valence-corrected chi connectivity index (χ4v) is 2.88. The van der Waals surface area contributed by atoms with Gasteiger partial charge in [0.05, 0.1) is 11.4 Å². The third-order valence-electron chi connectivity index (χ3n) is 3.93. The second-order valence-electron chi connectivity index (χ2n) is 5.29. The highest BCUT2D eigenvalue weighted by atomic mass is 15.3. The van der Waals surface area contributed by atoms with Crippen LogP contribution in [-0.2, 0) is 6.42 Å². The Morgan fingerprint density at radius 3 is 2.86 bits per heavy atom. The molecule has 1 aromatic carbocycles. The Morgan fingerprint density at radius 2 is 2.05 bits per heavy atom. The van der Waals surface area contributed by atoms with Crippen LogP contribution in [0.1, 0.15) is 11.1 Å². The van der Waals surface area contributed by atoms with Crippen LogP contribution in [0.3, 0.4) is 0 Å². The summed E-state index contributed by atoms with van der Waals surface area (Å²) in [5, 5.41) is 8.31. The SMILES string of the molecule is Cc1ccccc1-n1nc(-c2cccnc2)c2c1NCC2. The van der Waals surface area contributed by atoms with E-state index in [1.54, 1.807) is 6.20 Å². The Balaban J connectivity index is 1.93.